The molecule has 4 rings (SSSR count). The highest BCUT2D eigenvalue weighted by Crippen LogP contribution is 2.24. The van der Waals surface area contributed by atoms with Crippen LogP contribution >= 0.6 is 0 Å². The highest BCUT2D eigenvalue weighted by atomic mass is 15.3. The molecule has 0 spiro atoms. The number of aromatic nitrogens is 5. The summed E-state index contributed by atoms with van der Waals surface area (Å²) in [7, 11) is 0. The fourth-order valence-corrected chi connectivity index (χ4v) is 3.47. The van der Waals surface area contributed by atoms with Crippen LogP contribution in [0.2, 0.25) is 0 Å². The fraction of sp³-hybridized carbons (Fsp3) is 0.381. The lowest BCUT2D eigenvalue weighted by Gasteiger charge is -2.16. The first-order valence-corrected chi connectivity index (χ1v) is 9.32. The normalized spacial score (nSPS) is 20.2. The first-order valence-electron chi connectivity index (χ1n) is 9.32. The molecule has 0 amide bonds. The molecule has 3 aromatic heterocycles. The average Bonchev–Trinajstić information content (AvgIpc) is 3.21. The minimum absolute atomic E-state index is 0.333. The van der Waals surface area contributed by atoms with E-state index in [1.165, 1.54) is 0 Å². The Kier molecular flexibility index (Phi) is 4.45. The second-order valence-corrected chi connectivity index (χ2v) is 7.42. The van der Waals surface area contributed by atoms with Crippen LogP contribution in [0.3, 0.4) is 0 Å². The zero-order valence-corrected chi connectivity index (χ0v) is 15.6. The summed E-state index contributed by atoms with van der Waals surface area (Å²) in [4.78, 5) is 0. The zero-order chi connectivity index (χ0) is 18.1. The number of hydrogen-bond acceptors (Lipinski definition) is 3. The third-order valence-corrected chi connectivity index (χ3v) is 5.08. The van der Waals surface area contributed by atoms with E-state index in [4.69, 9.17) is 0 Å². The molecule has 134 valence electrons. The lowest BCUT2D eigenvalue weighted by molar-refractivity contribution is 0.416. The Labute approximate surface area is 154 Å². The lowest BCUT2D eigenvalue weighted by Crippen LogP contribution is -2.15. The van der Waals surface area contributed by atoms with Gasteiger partial charge in [0.2, 0.25) is 0 Å². The van der Waals surface area contributed by atoms with E-state index in [0.717, 1.165) is 35.6 Å². The van der Waals surface area contributed by atoms with Gasteiger partial charge in [-0.3, -0.25) is 9.08 Å². The minimum atomic E-state index is 0.333. The molecule has 3 heterocycles. The van der Waals surface area contributed by atoms with Gasteiger partial charge in [0.15, 0.2) is 5.65 Å². The molecule has 26 heavy (non-hydrogen) atoms. The number of pyridine rings is 1. The summed E-state index contributed by atoms with van der Waals surface area (Å²) in [6.07, 6.45) is 16.4. The first kappa shape index (κ1) is 16.8. The molecule has 0 saturated heterocycles. The van der Waals surface area contributed by atoms with Crippen LogP contribution in [0.4, 0.5) is 0 Å². The quantitative estimate of drug-likeness (QED) is 0.654. The third-order valence-electron chi connectivity index (χ3n) is 5.08. The van der Waals surface area contributed by atoms with Crippen molar-refractivity contribution in [2.45, 2.75) is 39.7 Å². The predicted octanol–water partition coefficient (Wildman–Crippen LogP) is 4.48. The van der Waals surface area contributed by atoms with E-state index in [-0.39, 0.29) is 0 Å². The van der Waals surface area contributed by atoms with E-state index in [9.17, 15) is 0 Å². The van der Waals surface area contributed by atoms with E-state index in [2.05, 4.69) is 87.9 Å². The van der Waals surface area contributed by atoms with Crippen molar-refractivity contribution in [1.29, 1.82) is 0 Å². The van der Waals surface area contributed by atoms with E-state index in [0.29, 0.717) is 17.8 Å². The van der Waals surface area contributed by atoms with Crippen LogP contribution in [0.1, 0.15) is 38.9 Å². The van der Waals surface area contributed by atoms with Crippen LogP contribution in [-0.4, -0.2) is 24.4 Å². The Balaban J connectivity index is 1.60. The van der Waals surface area contributed by atoms with Gasteiger partial charge in [-0.25, -0.2) is 0 Å². The van der Waals surface area contributed by atoms with E-state index >= 15 is 0 Å². The fourth-order valence-electron chi connectivity index (χ4n) is 3.47. The number of allylic oxidation sites excluding steroid dienone is 4. The van der Waals surface area contributed by atoms with E-state index < -0.39 is 0 Å². The molecular formula is C21H25N5. The molecule has 3 aromatic rings. The predicted molar refractivity (Wildman–Crippen MR) is 104 cm³/mol. The molecule has 1 aliphatic carbocycles. The van der Waals surface area contributed by atoms with Crippen LogP contribution in [0, 0.1) is 11.8 Å². The number of rotatable bonds is 4. The van der Waals surface area contributed by atoms with Gasteiger partial charge in [0.1, 0.15) is 5.82 Å². The van der Waals surface area contributed by atoms with Crippen LogP contribution in [-0.2, 0) is 6.54 Å². The summed E-state index contributed by atoms with van der Waals surface area (Å²) in [6.45, 7) is 7.44. The Bertz CT molecular complexity index is 960. The van der Waals surface area contributed by atoms with Crippen molar-refractivity contribution in [2.75, 3.05) is 0 Å². The topological polar surface area (TPSA) is 48.0 Å². The van der Waals surface area contributed by atoms with Gasteiger partial charge in [-0.1, -0.05) is 45.1 Å². The largest absolute Gasteiger partial charge is 0.286 e. The van der Waals surface area contributed by atoms with Crippen LogP contribution < -0.4 is 0 Å². The second-order valence-electron chi connectivity index (χ2n) is 7.42. The van der Waals surface area contributed by atoms with Gasteiger partial charge in [-0.2, -0.15) is 5.10 Å². The van der Waals surface area contributed by atoms with Crippen molar-refractivity contribution >= 4 is 5.65 Å². The maximum atomic E-state index is 4.60. The maximum Gasteiger partial charge on any atom is 0.160 e. The molecule has 0 aromatic carbocycles. The zero-order valence-electron chi connectivity index (χ0n) is 15.6. The van der Waals surface area contributed by atoms with Crippen molar-refractivity contribution in [3.63, 3.8) is 0 Å². The van der Waals surface area contributed by atoms with Gasteiger partial charge < -0.3 is 0 Å². The van der Waals surface area contributed by atoms with E-state index in [1.54, 1.807) is 0 Å². The summed E-state index contributed by atoms with van der Waals surface area (Å²) in [5.74, 6) is 2.33. The second kappa shape index (κ2) is 6.90. The van der Waals surface area contributed by atoms with Crippen molar-refractivity contribution in [2.24, 2.45) is 11.8 Å². The average molecular weight is 347 g/mol. The maximum absolute atomic E-state index is 4.60. The molecular weight excluding hydrogens is 322 g/mol. The lowest BCUT2D eigenvalue weighted by atomic mass is 9.94. The molecule has 0 radical (unpaired) electrons. The highest BCUT2D eigenvalue weighted by Gasteiger charge is 2.15. The highest BCUT2D eigenvalue weighted by molar-refractivity contribution is 5.63. The summed E-state index contributed by atoms with van der Waals surface area (Å²) in [5.41, 5.74) is 3.14. The van der Waals surface area contributed by atoms with Crippen molar-refractivity contribution in [1.82, 2.24) is 24.4 Å². The number of hydrogen-bond donors (Lipinski definition) is 0. The number of nitrogens with zero attached hydrogens (tertiary/aromatic N) is 5. The van der Waals surface area contributed by atoms with Crippen LogP contribution in [0.5, 0.6) is 0 Å². The molecule has 0 N–H and O–H groups in total. The molecule has 0 saturated carbocycles. The van der Waals surface area contributed by atoms with Gasteiger partial charge in [0.25, 0.3) is 0 Å². The smallest absolute Gasteiger partial charge is 0.160 e. The van der Waals surface area contributed by atoms with Crippen molar-refractivity contribution in [3.05, 3.63) is 60.9 Å². The van der Waals surface area contributed by atoms with Crippen molar-refractivity contribution in [3.8, 4) is 11.1 Å². The Hall–Kier alpha value is -2.69. The molecule has 2 unspecified atom stereocenters. The first-order chi connectivity index (χ1) is 12.6. The molecule has 0 aliphatic heterocycles. The molecule has 5 heteroatoms. The van der Waals surface area contributed by atoms with Crippen LogP contribution in [0.25, 0.3) is 16.8 Å². The standard InChI is InChI=1S/C21H25N5/c1-15(2)21-24-23-20-10-9-18(14-26(20)21)19-11-22-25(13-19)12-17-8-6-4-5-7-16(17)3/h5-11,13-17H,4,12H2,1-3H3. The molecule has 1 aliphatic rings. The van der Waals surface area contributed by atoms with E-state index in [1.807, 2.05) is 12.3 Å². The minimum Gasteiger partial charge on any atom is -0.286 e. The molecule has 0 bridgehead atoms. The molecule has 5 nitrogen and oxygen atoms in total. The monoisotopic (exact) mass is 347 g/mol. The van der Waals surface area contributed by atoms with Gasteiger partial charge in [-0.15, -0.1) is 10.2 Å². The van der Waals surface area contributed by atoms with Gasteiger partial charge >= 0.3 is 0 Å². The summed E-state index contributed by atoms with van der Waals surface area (Å²) in [5, 5.41) is 13.2. The summed E-state index contributed by atoms with van der Waals surface area (Å²) < 4.78 is 4.14. The van der Waals surface area contributed by atoms with Gasteiger partial charge in [0.05, 0.1) is 6.20 Å². The Morgan fingerprint density at radius 2 is 1.92 bits per heavy atom. The SMILES string of the molecule is CC(C)c1nnc2ccc(-c3cnn(CC4C=CCC=CC4C)c3)cn12. The Morgan fingerprint density at radius 3 is 2.77 bits per heavy atom. The summed E-state index contributed by atoms with van der Waals surface area (Å²) in [6, 6.07) is 4.11. The molecule has 0 fully saturated rings. The molecule has 2 atom stereocenters. The van der Waals surface area contributed by atoms with Crippen molar-refractivity contribution < 1.29 is 0 Å². The third kappa shape index (κ3) is 3.21. The van der Waals surface area contributed by atoms with Gasteiger partial charge in [-0.05, 0) is 24.5 Å². The Morgan fingerprint density at radius 1 is 1.08 bits per heavy atom. The number of fused-ring (bicyclic) bond motifs is 1. The van der Waals surface area contributed by atoms with Crippen LogP contribution in [0.15, 0.2) is 55.0 Å². The summed E-state index contributed by atoms with van der Waals surface area (Å²) >= 11 is 0. The van der Waals surface area contributed by atoms with Gasteiger partial charge in [0, 0.05) is 41.9 Å².